The van der Waals surface area contributed by atoms with Crippen molar-refractivity contribution in [1.82, 2.24) is 0 Å². The van der Waals surface area contributed by atoms with Gasteiger partial charge in [-0.05, 0) is 55.0 Å². The molecule has 1 N–H and O–H groups in total. The second-order valence-electron chi connectivity index (χ2n) is 5.49. The molecule has 104 valence electrons. The number of aryl methyl sites for hydroxylation is 1. The molecule has 0 amide bonds. The first-order chi connectivity index (χ1) is 9.63. The van der Waals surface area contributed by atoms with Gasteiger partial charge in [-0.15, -0.1) is 0 Å². The molecule has 1 nitrogen and oxygen atoms in total. The van der Waals surface area contributed by atoms with E-state index in [-0.39, 0.29) is 5.82 Å². The van der Waals surface area contributed by atoms with Crippen LogP contribution in [0.3, 0.4) is 0 Å². The van der Waals surface area contributed by atoms with Crippen LogP contribution in [0.25, 0.3) is 0 Å². The summed E-state index contributed by atoms with van der Waals surface area (Å²) >= 11 is 5.90. The Morgan fingerprint density at radius 3 is 2.65 bits per heavy atom. The highest BCUT2D eigenvalue weighted by molar-refractivity contribution is 6.30. The van der Waals surface area contributed by atoms with Gasteiger partial charge in [0, 0.05) is 11.1 Å². The first kappa shape index (κ1) is 13.4. The van der Waals surface area contributed by atoms with Crippen LogP contribution in [-0.2, 0) is 0 Å². The number of benzene rings is 2. The molecule has 0 aromatic heterocycles. The third-order valence-corrected chi connectivity index (χ3v) is 4.29. The zero-order valence-corrected chi connectivity index (χ0v) is 12.1. The lowest BCUT2D eigenvalue weighted by molar-refractivity contribution is 0.372. The van der Waals surface area contributed by atoms with Gasteiger partial charge in [-0.3, -0.25) is 0 Å². The highest BCUT2D eigenvalue weighted by atomic mass is 35.5. The van der Waals surface area contributed by atoms with Crippen LogP contribution in [0.1, 0.15) is 29.9 Å². The van der Waals surface area contributed by atoms with Crippen molar-refractivity contribution in [2.45, 2.75) is 31.7 Å². The van der Waals surface area contributed by atoms with Crippen molar-refractivity contribution in [2.24, 2.45) is 0 Å². The van der Waals surface area contributed by atoms with E-state index in [9.17, 15) is 4.39 Å². The number of rotatable bonds is 3. The van der Waals surface area contributed by atoms with Crippen molar-refractivity contribution >= 4 is 17.3 Å². The fraction of sp³-hybridized carbons (Fsp3) is 0.294. The summed E-state index contributed by atoms with van der Waals surface area (Å²) in [7, 11) is 0. The molecule has 1 aliphatic rings. The molecular formula is C17H17ClFN. The predicted molar refractivity (Wildman–Crippen MR) is 82.0 cm³/mol. The maximum atomic E-state index is 13.7. The van der Waals surface area contributed by atoms with Crippen molar-refractivity contribution < 1.29 is 4.39 Å². The largest absolute Gasteiger partial charge is 0.380 e. The Kier molecular flexibility index (Phi) is 3.66. The molecule has 20 heavy (non-hydrogen) atoms. The third-order valence-electron chi connectivity index (χ3n) is 4.05. The summed E-state index contributed by atoms with van der Waals surface area (Å²) in [4.78, 5) is 0. The minimum atomic E-state index is -0.242. The molecule has 3 rings (SSSR count). The van der Waals surface area contributed by atoms with Crippen molar-refractivity contribution in [3.63, 3.8) is 0 Å². The standard InChI is InChI=1S/C17H17ClFN/c1-11-4-2-3-5-15(11)12-8-14(9-12)20-17-10-13(18)6-7-16(17)19/h2-7,10,12,14,20H,8-9H2,1H3. The molecule has 3 heteroatoms. The van der Waals surface area contributed by atoms with E-state index in [2.05, 4.69) is 36.5 Å². The lowest BCUT2D eigenvalue weighted by Crippen LogP contribution is -2.34. The molecule has 2 aromatic carbocycles. The minimum Gasteiger partial charge on any atom is -0.380 e. The fourth-order valence-corrected chi connectivity index (χ4v) is 3.03. The van der Waals surface area contributed by atoms with Gasteiger partial charge in [0.1, 0.15) is 5.82 Å². The summed E-state index contributed by atoms with van der Waals surface area (Å²) in [6, 6.07) is 13.4. The molecule has 0 unspecified atom stereocenters. The number of hydrogen-bond acceptors (Lipinski definition) is 1. The van der Waals surface area contributed by atoms with E-state index >= 15 is 0 Å². The summed E-state index contributed by atoms with van der Waals surface area (Å²) < 4.78 is 13.7. The van der Waals surface area contributed by atoms with E-state index in [1.54, 1.807) is 12.1 Å². The molecule has 0 heterocycles. The zero-order valence-electron chi connectivity index (χ0n) is 11.4. The van der Waals surface area contributed by atoms with E-state index in [0.717, 1.165) is 12.8 Å². The van der Waals surface area contributed by atoms with E-state index < -0.39 is 0 Å². The van der Waals surface area contributed by atoms with Crippen molar-refractivity contribution in [3.8, 4) is 0 Å². The van der Waals surface area contributed by atoms with E-state index in [0.29, 0.717) is 22.7 Å². The molecular weight excluding hydrogens is 273 g/mol. The first-order valence-corrected chi connectivity index (χ1v) is 7.28. The van der Waals surface area contributed by atoms with Gasteiger partial charge in [-0.1, -0.05) is 35.9 Å². The lowest BCUT2D eigenvalue weighted by atomic mass is 9.74. The lowest BCUT2D eigenvalue weighted by Gasteiger charge is -2.37. The second-order valence-corrected chi connectivity index (χ2v) is 5.93. The Balaban J connectivity index is 1.64. The quantitative estimate of drug-likeness (QED) is 0.824. The van der Waals surface area contributed by atoms with Crippen LogP contribution in [0.15, 0.2) is 42.5 Å². The number of hydrogen-bond donors (Lipinski definition) is 1. The van der Waals surface area contributed by atoms with E-state index in [4.69, 9.17) is 11.6 Å². The van der Waals surface area contributed by atoms with Gasteiger partial charge in [0.25, 0.3) is 0 Å². The molecule has 1 saturated carbocycles. The van der Waals surface area contributed by atoms with Crippen LogP contribution in [0.5, 0.6) is 0 Å². The van der Waals surface area contributed by atoms with Crippen LogP contribution in [0.2, 0.25) is 5.02 Å². The monoisotopic (exact) mass is 289 g/mol. The predicted octanol–water partition coefficient (Wildman–Crippen LogP) is 5.15. The maximum Gasteiger partial charge on any atom is 0.146 e. The summed E-state index contributed by atoms with van der Waals surface area (Å²) in [5.74, 6) is 0.338. The summed E-state index contributed by atoms with van der Waals surface area (Å²) in [6.07, 6.45) is 2.08. The Morgan fingerprint density at radius 2 is 1.90 bits per heavy atom. The van der Waals surface area contributed by atoms with Gasteiger partial charge in [0.2, 0.25) is 0 Å². The fourth-order valence-electron chi connectivity index (χ4n) is 2.86. The minimum absolute atomic E-state index is 0.242. The Morgan fingerprint density at radius 1 is 1.15 bits per heavy atom. The Labute approximate surface area is 123 Å². The third kappa shape index (κ3) is 2.66. The number of anilines is 1. The van der Waals surface area contributed by atoms with Gasteiger partial charge >= 0.3 is 0 Å². The Bertz CT molecular complexity index is 620. The van der Waals surface area contributed by atoms with Gasteiger partial charge in [0.15, 0.2) is 0 Å². The highest BCUT2D eigenvalue weighted by Gasteiger charge is 2.31. The average molecular weight is 290 g/mol. The highest BCUT2D eigenvalue weighted by Crippen LogP contribution is 2.40. The first-order valence-electron chi connectivity index (χ1n) is 6.90. The van der Waals surface area contributed by atoms with Gasteiger partial charge < -0.3 is 5.32 Å². The van der Waals surface area contributed by atoms with E-state index in [1.165, 1.54) is 17.2 Å². The molecule has 0 saturated heterocycles. The smallest absolute Gasteiger partial charge is 0.146 e. The van der Waals surface area contributed by atoms with E-state index in [1.807, 2.05) is 0 Å². The molecule has 0 spiro atoms. The van der Waals surface area contributed by atoms with Gasteiger partial charge in [-0.25, -0.2) is 4.39 Å². The van der Waals surface area contributed by atoms with Gasteiger partial charge in [0.05, 0.1) is 5.69 Å². The van der Waals surface area contributed by atoms with Crippen LogP contribution >= 0.6 is 11.6 Å². The van der Waals surface area contributed by atoms with Crippen LogP contribution in [-0.4, -0.2) is 6.04 Å². The average Bonchev–Trinajstić information content (AvgIpc) is 2.38. The summed E-state index contributed by atoms with van der Waals surface area (Å²) in [5, 5.41) is 3.81. The molecule has 0 bridgehead atoms. The van der Waals surface area contributed by atoms with Crippen LogP contribution in [0.4, 0.5) is 10.1 Å². The zero-order chi connectivity index (χ0) is 14.1. The summed E-state index contributed by atoms with van der Waals surface area (Å²) in [5.41, 5.74) is 3.26. The normalized spacial score (nSPS) is 21.4. The second kappa shape index (κ2) is 5.45. The molecule has 1 aliphatic carbocycles. The van der Waals surface area contributed by atoms with Crippen molar-refractivity contribution in [1.29, 1.82) is 0 Å². The molecule has 0 atom stereocenters. The van der Waals surface area contributed by atoms with Crippen LogP contribution < -0.4 is 5.32 Å². The molecule has 1 fully saturated rings. The molecule has 0 aliphatic heterocycles. The Hall–Kier alpha value is -1.54. The number of halogens is 2. The van der Waals surface area contributed by atoms with Crippen LogP contribution in [0, 0.1) is 12.7 Å². The van der Waals surface area contributed by atoms with Crippen molar-refractivity contribution in [2.75, 3.05) is 5.32 Å². The maximum absolute atomic E-state index is 13.7. The SMILES string of the molecule is Cc1ccccc1C1CC(Nc2cc(Cl)ccc2F)C1. The van der Waals surface area contributed by atoms with Crippen molar-refractivity contribution in [3.05, 3.63) is 64.4 Å². The molecule has 0 radical (unpaired) electrons. The van der Waals surface area contributed by atoms with Gasteiger partial charge in [-0.2, -0.15) is 0 Å². The number of nitrogens with one attached hydrogen (secondary N) is 1. The molecule has 2 aromatic rings. The topological polar surface area (TPSA) is 12.0 Å². The summed E-state index contributed by atoms with van der Waals surface area (Å²) in [6.45, 7) is 2.15.